The van der Waals surface area contributed by atoms with Gasteiger partial charge in [0.2, 0.25) is 53.4 Å². The molecule has 20 N–H and O–H groups in total. The monoisotopic (exact) mass is 1860 g/mol. The number of benzene rings is 6. The lowest BCUT2D eigenvalue weighted by atomic mass is 9.84. The molecule has 126 heavy (non-hydrogen) atoms. The molecule has 7 amide bonds. The summed E-state index contributed by atoms with van der Waals surface area (Å²) in [5.41, 5.74) is 7.93. The fourth-order valence-corrected chi connectivity index (χ4v) is 17.7. The van der Waals surface area contributed by atoms with Crippen molar-refractivity contribution in [1.29, 1.82) is 0 Å². The molecule has 11 bridgehead atoms. The van der Waals surface area contributed by atoms with Gasteiger partial charge in [-0.15, -0.1) is 0 Å². The van der Waals surface area contributed by atoms with E-state index in [2.05, 4.69) is 47.8 Å². The Morgan fingerprint density at radius 3 is 1.91 bits per heavy atom. The van der Waals surface area contributed by atoms with Gasteiger partial charge in [0.15, 0.2) is 36.2 Å². The van der Waals surface area contributed by atoms with Crippen LogP contribution in [0.25, 0.3) is 11.1 Å². The Balaban J connectivity index is 1.06. The molecule has 0 aromatic heterocycles. The molecule has 15 rings (SSSR count). The molecule has 6 aromatic carbocycles. The molecule has 0 spiro atoms. The standard InChI is InChI=1S/C86H104BrCl2N11O26/c1-10-99(11-2)33-47-53(103)28-46-62(69(47)106)45-23-40(14-19-52(45)102)63-78(112)97-66(80(114)96-65(46)83(117)118)72(124-60-30-85(7,91)75(109)37(5)119-60)42-16-21-55(49(89)25-42)122-57-27-43-26-56(73(57)126-84-74(71(108)70(107)58(34-101)123-84)125-61-31-86(8,76(110)38(6)120-61)92-32-39-12-17-44(87)18-13-39)121-54-20-15-41(24-48(54)88)68(105)67(100-35-98(9)51(82(100)116)22-36(3)4)81(115)93-50(29-59(90)104)77(111)94-64(43)79(113)95-63/h12-21,23-28,36-38,50-51,58,60-61,63-68,70-72,74-76,84,92,101-103,105-110H,10-11,22,29-35,91H2,1-9H3,(H2,90,104)(H,93,115)(H,94,111)(H,95,113)(H,96,114)(H,97,112)(H,117,118)/t37-,38-,50-,51?,58-,60-,61-,63+,64+,65+,66-,67+,68+,70-,71+,72+,74-,75+,76+,84+,85-,86-/m0/s1. The van der Waals surface area contributed by atoms with Gasteiger partial charge >= 0.3 is 5.97 Å². The van der Waals surface area contributed by atoms with Gasteiger partial charge in [-0.2, -0.15) is 0 Å². The van der Waals surface area contributed by atoms with Crippen LogP contribution in [0.15, 0.2) is 102 Å². The van der Waals surface area contributed by atoms with Gasteiger partial charge in [0, 0.05) is 58.2 Å². The van der Waals surface area contributed by atoms with Gasteiger partial charge in [0.1, 0.15) is 89.5 Å². The van der Waals surface area contributed by atoms with Crippen LogP contribution >= 0.6 is 39.1 Å². The van der Waals surface area contributed by atoms with E-state index in [0.29, 0.717) is 13.1 Å². The van der Waals surface area contributed by atoms with E-state index in [0.717, 1.165) is 51.3 Å². The average Bonchev–Trinajstić information content (AvgIpc) is 0.952. The number of rotatable bonds is 20. The highest BCUT2D eigenvalue weighted by Gasteiger charge is 2.54. The number of carbonyl (C=O) groups excluding carboxylic acids is 7. The second-order valence-corrected chi connectivity index (χ2v) is 35.4. The molecule has 0 radical (unpaired) electrons. The Hall–Kier alpha value is -9.66. The quantitative estimate of drug-likeness (QED) is 0.0510. The summed E-state index contributed by atoms with van der Waals surface area (Å²) in [7, 11) is 1.62. The molecule has 1 unspecified atom stereocenters. The molecule has 6 aromatic rings. The number of nitrogens with zero attached hydrogens (tertiary/aromatic N) is 3. The fourth-order valence-electron chi connectivity index (χ4n) is 17.0. The Morgan fingerprint density at radius 2 is 1.30 bits per heavy atom. The van der Waals surface area contributed by atoms with Crippen molar-refractivity contribution in [3.8, 4) is 57.1 Å². The third kappa shape index (κ3) is 19.7. The number of hydrogen-bond acceptors (Lipinski definition) is 29. The summed E-state index contributed by atoms with van der Waals surface area (Å²) in [4.78, 5) is 128. The van der Waals surface area contributed by atoms with Gasteiger partial charge < -0.3 is 137 Å². The number of primary amides is 1. The lowest BCUT2D eigenvalue weighted by molar-refractivity contribution is -0.334. The van der Waals surface area contributed by atoms with E-state index in [4.69, 9.17) is 72.6 Å². The summed E-state index contributed by atoms with van der Waals surface area (Å²) in [6, 6.07) is 6.90. The number of nitrogens with two attached hydrogens (primary N) is 2. The van der Waals surface area contributed by atoms with Gasteiger partial charge in [-0.05, 0) is 155 Å². The summed E-state index contributed by atoms with van der Waals surface area (Å²) in [6.45, 7) is 13.1. The first kappa shape index (κ1) is 94.0. The number of carbonyl (C=O) groups is 8. The predicted molar refractivity (Wildman–Crippen MR) is 451 cm³/mol. The Labute approximate surface area is 742 Å². The van der Waals surface area contributed by atoms with Crippen molar-refractivity contribution in [1.82, 2.24) is 46.6 Å². The van der Waals surface area contributed by atoms with Crippen molar-refractivity contribution < 1.29 is 127 Å². The molecule has 40 heteroatoms. The molecule has 9 aliphatic rings. The Kier molecular flexibility index (Phi) is 28.6. The number of ether oxygens (including phenoxy) is 8. The van der Waals surface area contributed by atoms with E-state index in [-0.39, 0.29) is 78.0 Å². The van der Waals surface area contributed by atoms with Gasteiger partial charge in [-0.1, -0.05) is 97.2 Å². The molecule has 4 fully saturated rings. The van der Waals surface area contributed by atoms with E-state index in [1.807, 2.05) is 38.1 Å². The molecule has 9 heterocycles. The number of aromatic hydroxyl groups is 3. The maximum Gasteiger partial charge on any atom is 0.330 e. The number of aliphatic hydroxyl groups is 6. The number of carboxylic acids is 1. The third-order valence-corrected chi connectivity index (χ3v) is 25.2. The zero-order valence-corrected chi connectivity index (χ0v) is 73.2. The molecular formula is C86H104BrCl2N11O26. The second kappa shape index (κ2) is 38.3. The first-order valence-electron chi connectivity index (χ1n) is 41.1. The number of carboxylic acid groups (broad SMARTS) is 1. The Morgan fingerprint density at radius 1 is 0.698 bits per heavy atom. The van der Waals surface area contributed by atoms with Crippen LogP contribution in [-0.2, 0) is 75.1 Å². The van der Waals surface area contributed by atoms with Gasteiger partial charge in [-0.25, -0.2) is 4.79 Å². The molecule has 0 saturated carbocycles. The topological polar surface area (TPSA) is 547 Å². The number of amides is 7. The highest BCUT2D eigenvalue weighted by atomic mass is 79.9. The zero-order valence-electron chi connectivity index (χ0n) is 70.1. The highest BCUT2D eigenvalue weighted by Crippen LogP contribution is 2.52. The first-order valence-corrected chi connectivity index (χ1v) is 42.7. The number of phenolic OH excluding ortho intramolecular Hbond substituents is 3. The lowest BCUT2D eigenvalue weighted by Crippen LogP contribution is -2.65. The summed E-state index contributed by atoms with van der Waals surface area (Å²) >= 11 is 18.2. The van der Waals surface area contributed by atoms with Crippen LogP contribution in [0.3, 0.4) is 0 Å². The molecule has 22 atom stereocenters. The summed E-state index contributed by atoms with van der Waals surface area (Å²) in [5.74, 6) is -15.5. The van der Waals surface area contributed by atoms with Crippen molar-refractivity contribution in [3.63, 3.8) is 0 Å². The summed E-state index contributed by atoms with van der Waals surface area (Å²) in [5, 5.41) is 135. The van der Waals surface area contributed by atoms with Crippen LogP contribution in [-0.4, -0.2) is 249 Å². The number of fused-ring (bicyclic) bond motifs is 15. The molecule has 4 saturated heterocycles. The minimum atomic E-state index is -2.39. The minimum absolute atomic E-state index is 0.0735. The molecular weight excluding hydrogens is 1750 g/mol. The second-order valence-electron chi connectivity index (χ2n) is 33.7. The minimum Gasteiger partial charge on any atom is -0.507 e. The number of hydrogen-bond donors (Lipinski definition) is 18. The number of aliphatic hydroxyl groups excluding tert-OH is 6. The number of phenols is 3. The van der Waals surface area contributed by atoms with Gasteiger partial charge in [-0.3, -0.25) is 43.4 Å². The first-order chi connectivity index (χ1) is 59.6. The fraction of sp³-hybridized carbons (Fsp3) is 0.488. The van der Waals surface area contributed by atoms with E-state index in [9.17, 15) is 65.4 Å². The van der Waals surface area contributed by atoms with Gasteiger partial charge in [0.25, 0.3) is 0 Å². The van der Waals surface area contributed by atoms with Crippen molar-refractivity contribution in [3.05, 3.63) is 151 Å². The predicted octanol–water partition coefficient (Wildman–Crippen LogP) is 4.18. The number of nitrogens with one attached hydrogen (secondary N) is 6. The highest BCUT2D eigenvalue weighted by molar-refractivity contribution is 9.10. The van der Waals surface area contributed by atoms with Crippen molar-refractivity contribution in [2.75, 3.05) is 33.4 Å². The van der Waals surface area contributed by atoms with Crippen molar-refractivity contribution in [2.24, 2.45) is 17.4 Å². The molecule has 680 valence electrons. The van der Waals surface area contributed by atoms with Crippen molar-refractivity contribution >= 4 is 86.5 Å². The molecule has 0 aliphatic carbocycles. The van der Waals surface area contributed by atoms with E-state index in [1.165, 1.54) is 50.2 Å². The SMILES string of the molecule is CCN(CC)Cc1c(O)cc2c(c1O)-c1cc(ccc1O)[C@H]1NC(=O)[C@@H]3NC(=O)[C@H](CC(N)=O)NC(=O)[C@H](N4CN(C)C(CC(C)C)C4=O)[C@H](O)c4ccc(c(Cl)c4)Oc4cc3cc(c4O[C@H]3O[C@@H](CO)[C@H](O)[C@@H](O)[C@@H]3O[C@H]3C[C@](C)(NCc4ccc(Br)cc4)[C@H](O)[C@H](C)O3)Oc3ccc(cc3Cl)[C@@H](O[C@H]3C[C@](C)(N)[C@H](O)[C@H](C)O3)[C@H](NC1=O)C(=O)N[C@H]2C(=O)O. The van der Waals surface area contributed by atoms with Crippen LogP contribution < -0.4 is 57.6 Å². The van der Waals surface area contributed by atoms with E-state index in [1.54, 1.807) is 44.5 Å². The van der Waals surface area contributed by atoms with Crippen LogP contribution in [0.4, 0.5) is 0 Å². The number of aliphatic carboxylic acids is 1. The molecule has 37 nitrogen and oxygen atoms in total. The largest absolute Gasteiger partial charge is 0.507 e. The third-order valence-electron chi connectivity index (χ3n) is 24.1. The van der Waals surface area contributed by atoms with E-state index < -0.39 is 261 Å². The van der Waals surface area contributed by atoms with Crippen molar-refractivity contribution in [2.45, 2.75) is 227 Å². The summed E-state index contributed by atoms with van der Waals surface area (Å²) < 4.78 is 53.9. The maximum absolute atomic E-state index is 16.8. The lowest BCUT2D eigenvalue weighted by Gasteiger charge is -2.48. The smallest absolute Gasteiger partial charge is 0.330 e. The number of likely N-dealkylation sites (N-methyl/N-ethyl adjacent to an activating group) is 1. The van der Waals surface area contributed by atoms with Crippen LogP contribution in [0, 0.1) is 5.92 Å². The van der Waals surface area contributed by atoms with Crippen LogP contribution in [0.5, 0.6) is 46.0 Å². The molecule has 9 aliphatic heterocycles. The normalized spacial score (nSPS) is 30.9. The number of halogens is 3. The maximum atomic E-state index is 16.8. The van der Waals surface area contributed by atoms with E-state index >= 15 is 24.0 Å². The summed E-state index contributed by atoms with van der Waals surface area (Å²) in [6.07, 6.45) is -22.6. The Bertz CT molecular complexity index is 5140. The van der Waals surface area contributed by atoms with Gasteiger partial charge in [0.05, 0.1) is 65.8 Å². The average molecular weight is 1860 g/mol. The zero-order chi connectivity index (χ0) is 91.3. The van der Waals surface area contributed by atoms with Crippen LogP contribution in [0.2, 0.25) is 10.0 Å². The van der Waals surface area contributed by atoms with Crippen LogP contribution in [0.1, 0.15) is 150 Å².